The smallest absolute Gasteiger partial charge is 0.325 e. The van der Waals surface area contributed by atoms with Gasteiger partial charge in [0.05, 0.1) is 0 Å². The summed E-state index contributed by atoms with van der Waals surface area (Å²) in [5.74, 6) is -0.772. The second-order valence-corrected chi connectivity index (χ2v) is 6.90. The van der Waals surface area contributed by atoms with Crippen molar-refractivity contribution in [3.63, 3.8) is 0 Å². The van der Waals surface area contributed by atoms with Gasteiger partial charge >= 0.3 is 5.97 Å². The fraction of sp³-hybridized carbons (Fsp3) is 0.417. The average molecular weight is 350 g/mol. The summed E-state index contributed by atoms with van der Waals surface area (Å²) in [4.78, 5) is 13.1. The lowest BCUT2D eigenvalue weighted by atomic mass is 10.0. The Bertz CT molecular complexity index is 516. The third-order valence-corrected chi connectivity index (χ3v) is 4.84. The van der Waals surface area contributed by atoms with Crippen LogP contribution >= 0.6 is 15.9 Å². The van der Waals surface area contributed by atoms with Crippen molar-refractivity contribution < 1.29 is 18.5 Å². The molecule has 1 saturated heterocycles. The van der Waals surface area contributed by atoms with E-state index in [2.05, 4.69) is 15.9 Å². The number of carboxylic acids is 1. The second kappa shape index (κ2) is 6.11. The fourth-order valence-electron chi connectivity index (χ4n) is 2.12. The number of nitrogens with zero attached hydrogens (tertiary/aromatic N) is 1. The van der Waals surface area contributed by atoms with Crippen LogP contribution in [0.25, 0.3) is 0 Å². The zero-order chi connectivity index (χ0) is 14.0. The molecule has 1 aliphatic rings. The Balaban J connectivity index is 2.29. The molecule has 0 spiro atoms. The summed E-state index contributed by atoms with van der Waals surface area (Å²) in [6.45, 7) is 0.804. The van der Waals surface area contributed by atoms with Crippen molar-refractivity contribution >= 4 is 32.7 Å². The normalized spacial score (nSPS) is 19.3. The van der Waals surface area contributed by atoms with E-state index in [0.29, 0.717) is 29.1 Å². The van der Waals surface area contributed by atoms with E-state index in [1.807, 2.05) is 0 Å². The van der Waals surface area contributed by atoms with Crippen LogP contribution < -0.4 is 0 Å². The molecular weight excluding hydrogens is 337 g/mol. The Morgan fingerprint density at radius 3 is 2.58 bits per heavy atom. The number of carboxylic acid groups (broad SMARTS) is 1. The van der Waals surface area contributed by atoms with Gasteiger partial charge in [-0.15, -0.1) is 0 Å². The molecule has 1 fully saturated rings. The number of benzene rings is 1. The largest absolute Gasteiger partial charge is 0.480 e. The van der Waals surface area contributed by atoms with Crippen molar-refractivity contribution in [3.05, 3.63) is 34.1 Å². The summed E-state index contributed by atoms with van der Waals surface area (Å²) in [5, 5.41) is 9.34. The molecule has 4 nitrogen and oxygen atoms in total. The summed E-state index contributed by atoms with van der Waals surface area (Å²) >= 11 is 3.15. The first-order valence-corrected chi connectivity index (χ1v) is 8.04. The summed E-state index contributed by atoms with van der Waals surface area (Å²) in [5.41, 5.74) is 0.142. The van der Waals surface area contributed by atoms with Crippen LogP contribution in [0.1, 0.15) is 11.6 Å². The van der Waals surface area contributed by atoms with Crippen LogP contribution in [0.5, 0.6) is 0 Å². The zero-order valence-corrected chi connectivity index (χ0v) is 12.4. The molecule has 0 bridgehead atoms. The molecule has 19 heavy (non-hydrogen) atoms. The van der Waals surface area contributed by atoms with Crippen LogP contribution in [-0.2, 0) is 15.6 Å². The number of carbonyl (C=O) groups is 1. The number of hydrogen-bond donors (Lipinski definition) is 1. The lowest BCUT2D eigenvalue weighted by molar-refractivity contribution is -0.143. The van der Waals surface area contributed by atoms with Gasteiger partial charge in [0.2, 0.25) is 0 Å². The highest BCUT2D eigenvalue weighted by atomic mass is 79.9. The Kier molecular flexibility index (Phi) is 4.70. The maximum Gasteiger partial charge on any atom is 0.325 e. The average Bonchev–Trinajstić information content (AvgIpc) is 2.34. The quantitative estimate of drug-likeness (QED) is 0.903. The van der Waals surface area contributed by atoms with Gasteiger partial charge in [0.25, 0.3) is 0 Å². The molecule has 1 atom stereocenters. The van der Waals surface area contributed by atoms with E-state index < -0.39 is 28.6 Å². The molecule has 0 aliphatic carbocycles. The Morgan fingerprint density at radius 2 is 2.05 bits per heavy atom. The van der Waals surface area contributed by atoms with Gasteiger partial charge in [-0.3, -0.25) is 13.9 Å². The third kappa shape index (κ3) is 3.40. The lowest BCUT2D eigenvalue weighted by Crippen LogP contribution is -2.43. The van der Waals surface area contributed by atoms with E-state index in [0.717, 1.165) is 0 Å². The topological polar surface area (TPSA) is 57.6 Å². The lowest BCUT2D eigenvalue weighted by Gasteiger charge is -2.31. The van der Waals surface area contributed by atoms with Gasteiger partial charge in [-0.05, 0) is 12.1 Å². The molecule has 7 heteroatoms. The highest BCUT2D eigenvalue weighted by molar-refractivity contribution is 9.10. The van der Waals surface area contributed by atoms with Gasteiger partial charge in [0, 0.05) is 45.4 Å². The maximum atomic E-state index is 13.9. The Labute approximate surface area is 121 Å². The van der Waals surface area contributed by atoms with Crippen LogP contribution in [0.3, 0.4) is 0 Å². The zero-order valence-electron chi connectivity index (χ0n) is 10.0. The third-order valence-electron chi connectivity index (χ3n) is 3.07. The van der Waals surface area contributed by atoms with E-state index in [9.17, 15) is 18.5 Å². The van der Waals surface area contributed by atoms with E-state index in [-0.39, 0.29) is 5.56 Å². The monoisotopic (exact) mass is 349 g/mol. The standard InChI is InChI=1S/C12H13BrFNO3S/c13-8-1-2-9(10(14)7-8)11(12(16)17)15-3-5-19(18)6-4-15/h1-2,7,11H,3-6H2,(H,16,17). The van der Waals surface area contributed by atoms with Crippen LogP contribution in [0, 0.1) is 5.82 Å². The van der Waals surface area contributed by atoms with Gasteiger partial charge in [-0.2, -0.15) is 0 Å². The molecule has 1 heterocycles. The maximum absolute atomic E-state index is 13.9. The highest BCUT2D eigenvalue weighted by Gasteiger charge is 2.31. The van der Waals surface area contributed by atoms with Crippen LogP contribution in [0.4, 0.5) is 4.39 Å². The number of hydrogen-bond acceptors (Lipinski definition) is 3. The van der Waals surface area contributed by atoms with Crippen molar-refractivity contribution in [1.29, 1.82) is 0 Å². The van der Waals surface area contributed by atoms with Crippen LogP contribution in [-0.4, -0.2) is 44.8 Å². The van der Waals surface area contributed by atoms with Crippen molar-refractivity contribution in [1.82, 2.24) is 4.90 Å². The molecule has 1 aromatic carbocycles. The van der Waals surface area contributed by atoms with Gasteiger partial charge < -0.3 is 5.11 Å². The molecule has 0 aromatic heterocycles. The van der Waals surface area contributed by atoms with E-state index >= 15 is 0 Å². The van der Waals surface area contributed by atoms with Gasteiger partial charge in [-0.1, -0.05) is 22.0 Å². The van der Waals surface area contributed by atoms with Crippen molar-refractivity contribution in [2.24, 2.45) is 0 Å². The van der Waals surface area contributed by atoms with Crippen LogP contribution in [0.2, 0.25) is 0 Å². The van der Waals surface area contributed by atoms with Crippen molar-refractivity contribution in [3.8, 4) is 0 Å². The molecule has 0 saturated carbocycles. The first kappa shape index (κ1) is 14.6. The van der Waals surface area contributed by atoms with E-state index in [4.69, 9.17) is 0 Å². The molecule has 0 amide bonds. The van der Waals surface area contributed by atoms with E-state index in [1.165, 1.54) is 12.1 Å². The first-order chi connectivity index (χ1) is 8.99. The SMILES string of the molecule is O=C(O)C(c1ccc(Br)cc1F)N1CCS(=O)CC1. The molecule has 2 rings (SSSR count). The summed E-state index contributed by atoms with van der Waals surface area (Å²) in [6.07, 6.45) is 0. The molecule has 0 radical (unpaired) electrons. The molecule has 1 aromatic rings. The van der Waals surface area contributed by atoms with Crippen molar-refractivity contribution in [2.75, 3.05) is 24.6 Å². The second-order valence-electron chi connectivity index (χ2n) is 4.29. The minimum Gasteiger partial charge on any atom is -0.480 e. The highest BCUT2D eigenvalue weighted by Crippen LogP contribution is 2.27. The first-order valence-electron chi connectivity index (χ1n) is 5.76. The van der Waals surface area contributed by atoms with Crippen LogP contribution in [0.15, 0.2) is 22.7 Å². The van der Waals surface area contributed by atoms with Gasteiger partial charge in [0.1, 0.15) is 11.9 Å². The van der Waals surface area contributed by atoms with Gasteiger partial charge in [-0.25, -0.2) is 4.39 Å². The molecule has 1 N–H and O–H groups in total. The molecule has 1 unspecified atom stereocenters. The fourth-order valence-corrected chi connectivity index (χ4v) is 3.53. The number of halogens is 2. The summed E-state index contributed by atoms with van der Waals surface area (Å²) in [7, 11) is -0.892. The molecular formula is C12H13BrFNO3S. The molecule has 104 valence electrons. The summed E-state index contributed by atoms with van der Waals surface area (Å²) < 4.78 is 25.8. The predicted octanol–water partition coefficient (Wildman–Crippen LogP) is 1.78. The van der Waals surface area contributed by atoms with E-state index in [1.54, 1.807) is 11.0 Å². The minimum absolute atomic E-state index is 0.142. The number of rotatable bonds is 3. The molecule has 1 aliphatic heterocycles. The van der Waals surface area contributed by atoms with Gasteiger partial charge in [0.15, 0.2) is 0 Å². The summed E-state index contributed by atoms with van der Waals surface area (Å²) in [6, 6.07) is 3.33. The minimum atomic E-state index is -1.09. The predicted molar refractivity (Wildman–Crippen MR) is 73.9 cm³/mol. The Hall–Kier alpha value is -0.790. The van der Waals surface area contributed by atoms with Crippen molar-refractivity contribution in [2.45, 2.75) is 6.04 Å². The number of aliphatic carboxylic acids is 1. The Morgan fingerprint density at radius 1 is 1.42 bits per heavy atom.